The van der Waals surface area contributed by atoms with Crippen LogP contribution in [0.4, 0.5) is 0 Å². The molecule has 3 rings (SSSR count). The van der Waals surface area contributed by atoms with Crippen molar-refractivity contribution in [2.75, 3.05) is 0 Å². The maximum atomic E-state index is 2.42. The zero-order chi connectivity index (χ0) is 17.5. The van der Waals surface area contributed by atoms with Crippen molar-refractivity contribution in [3.05, 3.63) is 70.1 Å². The first-order valence-electron chi connectivity index (χ1n) is 9.11. The Morgan fingerprint density at radius 1 is 0.917 bits per heavy atom. The van der Waals surface area contributed by atoms with Gasteiger partial charge in [-0.1, -0.05) is 87.2 Å². The molecular formula is C24H29. The Balaban J connectivity index is 2.24. The molecule has 0 saturated heterocycles. The third-order valence-electron chi connectivity index (χ3n) is 4.87. The van der Waals surface area contributed by atoms with Crippen LogP contribution in [0, 0.1) is 25.7 Å². The van der Waals surface area contributed by atoms with Crippen molar-refractivity contribution in [1.29, 1.82) is 0 Å². The smallest absolute Gasteiger partial charge is 0.0170 e. The minimum Gasteiger partial charge on any atom is -0.0651 e. The van der Waals surface area contributed by atoms with Crippen LogP contribution in [0.15, 0.2) is 35.9 Å². The molecule has 0 amide bonds. The molecular weight excluding hydrogens is 288 g/mol. The second-order valence-electron chi connectivity index (χ2n) is 8.22. The lowest BCUT2D eigenvalue weighted by Crippen LogP contribution is -2.07. The van der Waals surface area contributed by atoms with Gasteiger partial charge in [-0.3, -0.25) is 0 Å². The molecule has 0 bridgehead atoms. The fourth-order valence-electron chi connectivity index (χ4n) is 3.70. The highest BCUT2D eigenvalue weighted by Gasteiger charge is 2.26. The predicted octanol–water partition coefficient (Wildman–Crippen LogP) is 6.92. The molecule has 1 aliphatic rings. The van der Waals surface area contributed by atoms with Crippen molar-refractivity contribution in [2.45, 2.75) is 54.4 Å². The number of fused-ring (bicyclic) bond motifs is 1. The number of rotatable bonds is 3. The zero-order valence-corrected chi connectivity index (χ0v) is 16.0. The van der Waals surface area contributed by atoms with E-state index in [-0.39, 0.29) is 5.41 Å². The van der Waals surface area contributed by atoms with Gasteiger partial charge in [0.2, 0.25) is 0 Å². The molecule has 0 fully saturated rings. The molecule has 0 heterocycles. The maximum absolute atomic E-state index is 2.42. The Hall–Kier alpha value is -1.82. The van der Waals surface area contributed by atoms with Crippen molar-refractivity contribution < 1.29 is 0 Å². The summed E-state index contributed by atoms with van der Waals surface area (Å²) >= 11 is 0. The topological polar surface area (TPSA) is 0 Å². The fourth-order valence-corrected chi connectivity index (χ4v) is 3.70. The minimum atomic E-state index is 0.184. The van der Waals surface area contributed by atoms with E-state index >= 15 is 0 Å². The highest BCUT2D eigenvalue weighted by molar-refractivity contribution is 5.86. The molecule has 1 radical (unpaired) electrons. The Bertz CT molecular complexity index is 777. The standard InChI is InChI=1S/C24H29/c1-7-8-18-9-10-19-14-21(24(4,5)6)15-22(19)23(18)20-12-16(2)11-17(3)13-20/h9-15H,7-8H2,1-6H3. The highest BCUT2D eigenvalue weighted by atomic mass is 14.3. The molecule has 2 aromatic rings. The second kappa shape index (κ2) is 6.24. The number of hydrogen-bond acceptors (Lipinski definition) is 0. The third-order valence-corrected chi connectivity index (χ3v) is 4.87. The zero-order valence-electron chi connectivity index (χ0n) is 16.0. The van der Waals surface area contributed by atoms with E-state index in [2.05, 4.69) is 84.4 Å². The molecule has 0 atom stereocenters. The van der Waals surface area contributed by atoms with Crippen LogP contribution >= 0.6 is 0 Å². The molecule has 0 N–H and O–H groups in total. The number of hydrogen-bond donors (Lipinski definition) is 0. The molecule has 0 nitrogen and oxygen atoms in total. The van der Waals surface area contributed by atoms with Gasteiger partial charge in [-0.15, -0.1) is 0 Å². The molecule has 0 heteroatoms. The quantitative estimate of drug-likeness (QED) is 0.576. The highest BCUT2D eigenvalue weighted by Crippen LogP contribution is 2.43. The van der Waals surface area contributed by atoms with Crippen LogP contribution in [0.2, 0.25) is 0 Å². The largest absolute Gasteiger partial charge is 0.0651 e. The molecule has 24 heavy (non-hydrogen) atoms. The summed E-state index contributed by atoms with van der Waals surface area (Å²) in [6.45, 7) is 13.5. The summed E-state index contributed by atoms with van der Waals surface area (Å²) < 4.78 is 0. The molecule has 0 spiro atoms. The Morgan fingerprint density at radius 2 is 1.58 bits per heavy atom. The van der Waals surface area contributed by atoms with E-state index in [9.17, 15) is 0 Å². The monoisotopic (exact) mass is 317 g/mol. The van der Waals surface area contributed by atoms with E-state index in [1.807, 2.05) is 0 Å². The van der Waals surface area contributed by atoms with Gasteiger partial charge in [0.15, 0.2) is 0 Å². The first-order valence-corrected chi connectivity index (χ1v) is 9.11. The van der Waals surface area contributed by atoms with Gasteiger partial charge in [-0.25, -0.2) is 0 Å². The lowest BCUT2D eigenvalue weighted by molar-refractivity contribution is 0.516. The van der Waals surface area contributed by atoms with Gasteiger partial charge in [0.25, 0.3) is 0 Å². The molecule has 2 aromatic carbocycles. The molecule has 125 valence electrons. The van der Waals surface area contributed by atoms with Gasteiger partial charge < -0.3 is 0 Å². The van der Waals surface area contributed by atoms with Crippen LogP contribution in [-0.4, -0.2) is 0 Å². The number of allylic oxidation sites excluding steroid dienone is 1. The van der Waals surface area contributed by atoms with Crippen LogP contribution in [0.5, 0.6) is 0 Å². The second-order valence-corrected chi connectivity index (χ2v) is 8.22. The van der Waals surface area contributed by atoms with Gasteiger partial charge in [-0.05, 0) is 53.5 Å². The Labute approximate surface area is 147 Å². The first kappa shape index (κ1) is 17.0. The van der Waals surface area contributed by atoms with Crippen molar-refractivity contribution in [3.8, 4) is 11.1 Å². The molecule has 1 aliphatic carbocycles. The molecule has 0 saturated carbocycles. The van der Waals surface area contributed by atoms with Crippen molar-refractivity contribution >= 4 is 6.08 Å². The summed E-state index contributed by atoms with van der Waals surface area (Å²) in [5.41, 5.74) is 11.4. The van der Waals surface area contributed by atoms with Gasteiger partial charge in [0.1, 0.15) is 0 Å². The summed E-state index contributed by atoms with van der Waals surface area (Å²) in [6.07, 6.45) is 7.10. The fraction of sp³-hybridized carbons (Fsp3) is 0.375. The lowest BCUT2D eigenvalue weighted by Gasteiger charge is -2.19. The minimum absolute atomic E-state index is 0.184. The van der Waals surface area contributed by atoms with Gasteiger partial charge in [-0.2, -0.15) is 0 Å². The van der Waals surface area contributed by atoms with E-state index in [0.29, 0.717) is 0 Å². The summed E-state index contributed by atoms with van der Waals surface area (Å²) in [4.78, 5) is 0. The van der Waals surface area contributed by atoms with Crippen LogP contribution in [0.3, 0.4) is 0 Å². The Morgan fingerprint density at radius 3 is 2.17 bits per heavy atom. The SMILES string of the molecule is CCCc1ccc2c(c1-c1cc(C)cc(C)c1)C=C(C(C)(C)C)[CH]2. The number of aryl methyl sites for hydroxylation is 3. The van der Waals surface area contributed by atoms with Crippen molar-refractivity contribution in [2.24, 2.45) is 5.41 Å². The lowest BCUT2D eigenvalue weighted by atomic mass is 9.85. The van der Waals surface area contributed by atoms with E-state index < -0.39 is 0 Å². The van der Waals surface area contributed by atoms with Gasteiger partial charge >= 0.3 is 0 Å². The van der Waals surface area contributed by atoms with Gasteiger partial charge in [0, 0.05) is 6.42 Å². The van der Waals surface area contributed by atoms with Crippen LogP contribution in [-0.2, 0) is 6.42 Å². The first-order chi connectivity index (χ1) is 11.3. The van der Waals surface area contributed by atoms with Crippen molar-refractivity contribution in [3.63, 3.8) is 0 Å². The average Bonchev–Trinajstić information content (AvgIpc) is 2.90. The van der Waals surface area contributed by atoms with Crippen molar-refractivity contribution in [1.82, 2.24) is 0 Å². The van der Waals surface area contributed by atoms with E-state index in [0.717, 1.165) is 6.42 Å². The van der Waals surface area contributed by atoms with E-state index in [4.69, 9.17) is 0 Å². The summed E-state index contributed by atoms with van der Waals surface area (Å²) in [7, 11) is 0. The number of benzene rings is 2. The molecule has 0 aromatic heterocycles. The van der Waals surface area contributed by atoms with Crippen LogP contribution in [0.1, 0.15) is 61.9 Å². The van der Waals surface area contributed by atoms with Crippen LogP contribution in [0.25, 0.3) is 17.2 Å². The summed E-state index contributed by atoms with van der Waals surface area (Å²) in [6, 6.07) is 11.6. The maximum Gasteiger partial charge on any atom is 0.0170 e. The van der Waals surface area contributed by atoms with Gasteiger partial charge in [0.05, 0.1) is 0 Å². The van der Waals surface area contributed by atoms with E-state index in [1.54, 1.807) is 0 Å². The predicted molar refractivity (Wildman–Crippen MR) is 106 cm³/mol. The molecule has 0 aliphatic heterocycles. The summed E-state index contributed by atoms with van der Waals surface area (Å²) in [5.74, 6) is 0. The summed E-state index contributed by atoms with van der Waals surface area (Å²) in [5, 5.41) is 0. The Kier molecular flexibility index (Phi) is 4.42. The third kappa shape index (κ3) is 3.20. The average molecular weight is 317 g/mol. The normalized spacial score (nSPS) is 13.8. The molecule has 0 unspecified atom stereocenters. The van der Waals surface area contributed by atoms with E-state index in [1.165, 1.54) is 50.9 Å². The van der Waals surface area contributed by atoms with Crippen LogP contribution < -0.4 is 0 Å².